The minimum Gasteiger partial charge on any atom is -0.381 e. The quantitative estimate of drug-likeness (QED) is 0.726. The van der Waals surface area contributed by atoms with Crippen LogP contribution in [-0.2, 0) is 0 Å². The number of anilines is 2. The molecule has 0 unspecified atom stereocenters. The second kappa shape index (κ2) is 7.67. The van der Waals surface area contributed by atoms with Crippen molar-refractivity contribution in [2.45, 2.75) is 46.6 Å². The molecule has 1 aliphatic heterocycles. The zero-order valence-electron chi connectivity index (χ0n) is 17.5. The van der Waals surface area contributed by atoms with E-state index >= 15 is 0 Å². The third-order valence-corrected chi connectivity index (χ3v) is 5.55. The second-order valence-corrected chi connectivity index (χ2v) is 7.96. The van der Waals surface area contributed by atoms with Gasteiger partial charge in [0.1, 0.15) is 17.7 Å². The highest BCUT2D eigenvalue weighted by Gasteiger charge is 2.22. The van der Waals surface area contributed by atoms with E-state index in [-0.39, 0.29) is 0 Å². The van der Waals surface area contributed by atoms with E-state index in [0.29, 0.717) is 11.6 Å². The molecular weight excluding hydrogens is 360 g/mol. The van der Waals surface area contributed by atoms with E-state index in [1.807, 2.05) is 13.8 Å². The van der Waals surface area contributed by atoms with Gasteiger partial charge < -0.3 is 10.2 Å². The first-order valence-corrected chi connectivity index (χ1v) is 10.1. The van der Waals surface area contributed by atoms with Gasteiger partial charge in [0.15, 0.2) is 0 Å². The third-order valence-electron chi connectivity index (χ3n) is 5.55. The Bertz CT molecular complexity index is 1090. The summed E-state index contributed by atoms with van der Waals surface area (Å²) in [6.45, 7) is 9.95. The molecule has 6 nitrogen and oxygen atoms in total. The highest BCUT2D eigenvalue weighted by molar-refractivity contribution is 5.96. The molecule has 6 heteroatoms. The van der Waals surface area contributed by atoms with Crippen LogP contribution in [0, 0.1) is 39.0 Å². The predicted octanol–water partition coefficient (Wildman–Crippen LogP) is 4.21. The van der Waals surface area contributed by atoms with Crippen LogP contribution in [0.2, 0.25) is 0 Å². The van der Waals surface area contributed by atoms with Crippen LogP contribution in [0.15, 0.2) is 24.4 Å². The van der Waals surface area contributed by atoms with Gasteiger partial charge in [-0.15, -0.1) is 0 Å². The molecule has 0 aliphatic carbocycles. The van der Waals surface area contributed by atoms with E-state index in [4.69, 9.17) is 0 Å². The Morgan fingerprint density at radius 3 is 2.52 bits per heavy atom. The van der Waals surface area contributed by atoms with Gasteiger partial charge in [0, 0.05) is 42.5 Å². The lowest BCUT2D eigenvalue weighted by Gasteiger charge is -2.34. The van der Waals surface area contributed by atoms with Crippen LogP contribution < -0.4 is 10.2 Å². The van der Waals surface area contributed by atoms with Crippen molar-refractivity contribution in [2.75, 3.05) is 23.3 Å². The molecule has 0 atom stereocenters. The smallest absolute Gasteiger partial charge is 0.132 e. The number of piperidine rings is 1. The summed E-state index contributed by atoms with van der Waals surface area (Å²) in [5.74, 6) is 1.82. The Balaban J connectivity index is 1.56. The number of hydrogen-bond acceptors (Lipinski definition) is 6. The molecule has 1 aromatic carbocycles. The van der Waals surface area contributed by atoms with Crippen LogP contribution in [0.3, 0.4) is 0 Å². The molecule has 1 fully saturated rings. The zero-order valence-corrected chi connectivity index (χ0v) is 17.5. The molecule has 1 saturated heterocycles. The maximum atomic E-state index is 9.64. The summed E-state index contributed by atoms with van der Waals surface area (Å²) < 4.78 is 0. The Morgan fingerprint density at radius 2 is 1.83 bits per heavy atom. The highest BCUT2D eigenvalue weighted by atomic mass is 15.2. The van der Waals surface area contributed by atoms with E-state index in [1.165, 1.54) is 5.56 Å². The lowest BCUT2D eigenvalue weighted by atomic mass is 10.0. The van der Waals surface area contributed by atoms with E-state index in [2.05, 4.69) is 63.3 Å². The minimum absolute atomic E-state index is 0.314. The maximum absolute atomic E-state index is 9.64. The number of rotatable bonds is 3. The van der Waals surface area contributed by atoms with E-state index in [1.54, 1.807) is 6.20 Å². The molecule has 0 saturated carbocycles. The molecule has 1 aliphatic rings. The fraction of sp³-hybridized carbons (Fsp3) is 0.391. The number of fused-ring (bicyclic) bond motifs is 1. The van der Waals surface area contributed by atoms with Gasteiger partial charge in [0.25, 0.3) is 0 Å². The standard InChI is InChI=1S/C23H26N6/c1-14-9-15(2)22-20(10-14)23(18(12-24)13-25-22)28-19-5-7-29(8-6-19)21-11-16(3)26-17(4)27-21/h9-11,13,19H,5-8H2,1-4H3,(H,25,28). The van der Waals surface area contributed by atoms with Crippen LogP contribution in [-0.4, -0.2) is 34.1 Å². The van der Waals surface area contributed by atoms with Crippen molar-refractivity contribution in [3.05, 3.63) is 52.6 Å². The van der Waals surface area contributed by atoms with Crippen molar-refractivity contribution >= 4 is 22.4 Å². The summed E-state index contributed by atoms with van der Waals surface area (Å²) in [6.07, 6.45) is 3.66. The second-order valence-electron chi connectivity index (χ2n) is 7.96. The van der Waals surface area contributed by atoms with Gasteiger partial charge in [0.05, 0.1) is 16.8 Å². The first-order valence-electron chi connectivity index (χ1n) is 10.1. The maximum Gasteiger partial charge on any atom is 0.132 e. The predicted molar refractivity (Wildman–Crippen MR) is 116 cm³/mol. The lowest BCUT2D eigenvalue weighted by Crippen LogP contribution is -2.39. The summed E-state index contributed by atoms with van der Waals surface area (Å²) in [5, 5.41) is 14.3. The van der Waals surface area contributed by atoms with Gasteiger partial charge in [-0.3, -0.25) is 4.98 Å². The van der Waals surface area contributed by atoms with Crippen molar-refractivity contribution in [3.8, 4) is 6.07 Å². The normalized spacial score (nSPS) is 14.8. The van der Waals surface area contributed by atoms with E-state index < -0.39 is 0 Å². The highest BCUT2D eigenvalue weighted by Crippen LogP contribution is 2.31. The van der Waals surface area contributed by atoms with E-state index in [0.717, 1.165) is 65.4 Å². The number of aromatic nitrogens is 3. The van der Waals surface area contributed by atoms with Gasteiger partial charge in [-0.2, -0.15) is 5.26 Å². The average Bonchev–Trinajstić information content (AvgIpc) is 2.68. The van der Waals surface area contributed by atoms with Gasteiger partial charge in [0.2, 0.25) is 0 Å². The summed E-state index contributed by atoms with van der Waals surface area (Å²) in [4.78, 5) is 15.8. The number of hydrogen-bond donors (Lipinski definition) is 1. The topological polar surface area (TPSA) is 77.7 Å². The minimum atomic E-state index is 0.314. The van der Waals surface area contributed by atoms with Gasteiger partial charge in [-0.05, 0) is 52.2 Å². The Labute approximate surface area is 171 Å². The average molecular weight is 387 g/mol. The number of pyridine rings is 1. The summed E-state index contributed by atoms with van der Waals surface area (Å²) in [6, 6.07) is 8.94. The Kier molecular flexibility index (Phi) is 5.06. The molecule has 148 valence electrons. The van der Waals surface area contributed by atoms with Crippen LogP contribution in [0.1, 0.15) is 41.1 Å². The van der Waals surface area contributed by atoms with Crippen LogP contribution in [0.25, 0.3) is 10.9 Å². The first kappa shape index (κ1) is 19.1. The summed E-state index contributed by atoms with van der Waals surface area (Å²) in [5.41, 5.74) is 5.79. The largest absolute Gasteiger partial charge is 0.381 e. The molecule has 2 aromatic heterocycles. The molecule has 4 rings (SSSR count). The fourth-order valence-corrected chi connectivity index (χ4v) is 4.22. The molecule has 0 spiro atoms. The van der Waals surface area contributed by atoms with Gasteiger partial charge >= 0.3 is 0 Å². The van der Waals surface area contributed by atoms with Crippen molar-refractivity contribution in [1.29, 1.82) is 5.26 Å². The van der Waals surface area contributed by atoms with Crippen molar-refractivity contribution in [3.63, 3.8) is 0 Å². The Morgan fingerprint density at radius 1 is 1.07 bits per heavy atom. The third kappa shape index (κ3) is 3.86. The number of nitriles is 1. The van der Waals surface area contributed by atoms with Crippen molar-refractivity contribution in [1.82, 2.24) is 15.0 Å². The Hall–Kier alpha value is -3.20. The molecule has 0 radical (unpaired) electrons. The number of aryl methyl sites for hydroxylation is 4. The first-order chi connectivity index (χ1) is 13.9. The van der Waals surface area contributed by atoms with E-state index in [9.17, 15) is 5.26 Å². The zero-order chi connectivity index (χ0) is 20.5. The van der Waals surface area contributed by atoms with Crippen LogP contribution >= 0.6 is 0 Å². The van der Waals surface area contributed by atoms with Crippen molar-refractivity contribution in [2.24, 2.45) is 0 Å². The van der Waals surface area contributed by atoms with Crippen LogP contribution in [0.4, 0.5) is 11.5 Å². The van der Waals surface area contributed by atoms with Crippen molar-refractivity contribution < 1.29 is 0 Å². The fourth-order valence-electron chi connectivity index (χ4n) is 4.22. The molecule has 0 bridgehead atoms. The number of nitrogens with one attached hydrogen (secondary N) is 1. The molecular formula is C23H26N6. The molecule has 0 amide bonds. The summed E-state index contributed by atoms with van der Waals surface area (Å²) >= 11 is 0. The number of benzene rings is 1. The van der Waals surface area contributed by atoms with Crippen LogP contribution in [0.5, 0.6) is 0 Å². The van der Waals surface area contributed by atoms with Gasteiger partial charge in [-0.1, -0.05) is 11.6 Å². The monoisotopic (exact) mass is 386 g/mol. The molecule has 1 N–H and O–H groups in total. The SMILES string of the molecule is Cc1cc(C)c2ncc(C#N)c(NC3CCN(c4cc(C)nc(C)n4)CC3)c2c1. The van der Waals surface area contributed by atoms with Gasteiger partial charge in [-0.25, -0.2) is 9.97 Å². The summed E-state index contributed by atoms with van der Waals surface area (Å²) in [7, 11) is 0. The molecule has 29 heavy (non-hydrogen) atoms. The lowest BCUT2D eigenvalue weighted by molar-refractivity contribution is 0.523. The molecule has 3 aromatic rings. The number of nitrogens with zero attached hydrogens (tertiary/aromatic N) is 5. The molecule has 3 heterocycles.